The lowest BCUT2D eigenvalue weighted by Crippen LogP contribution is -2.40. The number of carbonyl (C=O) groups excluding carboxylic acids is 2. The van der Waals surface area contributed by atoms with E-state index in [-0.39, 0.29) is 43.8 Å². The topological polar surface area (TPSA) is 60.9 Å². The summed E-state index contributed by atoms with van der Waals surface area (Å²) in [5, 5.41) is 8.82. The number of aliphatic hydroxyl groups excluding tert-OH is 1. The zero-order valence-electron chi connectivity index (χ0n) is 15.9. The molecule has 0 fully saturated rings. The molecule has 0 heterocycles. The number of hydrogen-bond donors (Lipinski definition) is 1. The van der Waals surface area contributed by atoms with E-state index >= 15 is 0 Å². The minimum atomic E-state index is -0.186. The monoisotopic (exact) mass is 332 g/mol. The van der Waals surface area contributed by atoms with Crippen LogP contribution in [0.25, 0.3) is 0 Å². The Kier molecular flexibility index (Phi) is 15.5. The van der Waals surface area contributed by atoms with Crippen LogP contribution >= 0.6 is 0 Å². The Morgan fingerprint density at radius 1 is 0.783 bits per heavy atom. The van der Waals surface area contributed by atoms with E-state index in [1.54, 1.807) is 0 Å². The lowest BCUT2D eigenvalue weighted by Gasteiger charge is -2.26. The van der Waals surface area contributed by atoms with E-state index in [1.807, 2.05) is 67.2 Å². The van der Waals surface area contributed by atoms with Gasteiger partial charge in [-0.1, -0.05) is 35.1 Å². The van der Waals surface area contributed by atoms with Crippen molar-refractivity contribution in [2.75, 3.05) is 13.3 Å². The molecular formula is C18H40N2O3. The largest absolute Gasteiger partial charge is 0.376 e. The first-order valence-corrected chi connectivity index (χ1v) is 8.22. The van der Waals surface area contributed by atoms with Crippen LogP contribution in [-0.2, 0) is 9.59 Å². The van der Waals surface area contributed by atoms with Crippen molar-refractivity contribution in [1.82, 2.24) is 9.80 Å². The molecule has 0 atom stereocenters. The highest BCUT2D eigenvalue weighted by Gasteiger charge is 2.18. The molecule has 0 saturated heterocycles. The number of hydrogen-bond acceptors (Lipinski definition) is 3. The van der Waals surface area contributed by atoms with E-state index in [0.717, 1.165) is 6.54 Å². The minimum Gasteiger partial charge on any atom is -0.376 e. The summed E-state index contributed by atoms with van der Waals surface area (Å²) in [6, 6.07) is 0.407. The summed E-state index contributed by atoms with van der Waals surface area (Å²) in [4.78, 5) is 26.1. The van der Waals surface area contributed by atoms with Gasteiger partial charge in [0, 0.05) is 30.5 Å². The smallest absolute Gasteiger partial charge is 0.227 e. The Morgan fingerprint density at radius 3 is 1.17 bits per heavy atom. The van der Waals surface area contributed by atoms with E-state index in [2.05, 4.69) is 0 Å². The van der Waals surface area contributed by atoms with Gasteiger partial charge in [0.1, 0.15) is 6.73 Å². The molecule has 0 aromatic heterocycles. The van der Waals surface area contributed by atoms with Crippen LogP contribution in [0.2, 0.25) is 0 Å². The summed E-state index contributed by atoms with van der Waals surface area (Å²) in [5.74, 6) is 0.340. The van der Waals surface area contributed by atoms with Gasteiger partial charge in [0.25, 0.3) is 0 Å². The van der Waals surface area contributed by atoms with Crippen LogP contribution in [0.1, 0.15) is 69.7 Å². The highest BCUT2D eigenvalue weighted by atomic mass is 16.3. The van der Waals surface area contributed by atoms with E-state index in [4.69, 9.17) is 5.11 Å². The summed E-state index contributed by atoms with van der Waals surface area (Å²) >= 11 is 0. The van der Waals surface area contributed by atoms with Crippen LogP contribution in [0.15, 0.2) is 0 Å². The summed E-state index contributed by atoms with van der Waals surface area (Å²) in [5.41, 5.74) is 0. The van der Waals surface area contributed by atoms with Crippen LogP contribution in [0, 0.1) is 11.8 Å². The second-order valence-electron chi connectivity index (χ2n) is 6.57. The molecule has 0 radical (unpaired) electrons. The van der Waals surface area contributed by atoms with Crippen LogP contribution in [0.5, 0.6) is 0 Å². The first kappa shape index (κ1) is 26.8. The molecule has 0 aliphatic carbocycles. The van der Waals surface area contributed by atoms with Crippen molar-refractivity contribution in [3.63, 3.8) is 0 Å². The molecule has 0 spiro atoms. The number of aliphatic hydroxyl groups is 1. The van der Waals surface area contributed by atoms with Crippen LogP contribution in [0.3, 0.4) is 0 Å². The molecule has 2 amide bonds. The number of carbonyl (C=O) groups is 2. The predicted octanol–water partition coefficient (Wildman–Crippen LogP) is 3.36. The fourth-order valence-corrected chi connectivity index (χ4v) is 1.93. The lowest BCUT2D eigenvalue weighted by molar-refractivity contribution is -0.140. The highest BCUT2D eigenvalue weighted by molar-refractivity contribution is 5.78. The summed E-state index contributed by atoms with van der Waals surface area (Å²) < 4.78 is 0. The van der Waals surface area contributed by atoms with Crippen LogP contribution < -0.4 is 0 Å². The highest BCUT2D eigenvalue weighted by Crippen LogP contribution is 2.05. The van der Waals surface area contributed by atoms with Gasteiger partial charge in [0.05, 0.1) is 0 Å². The van der Waals surface area contributed by atoms with E-state index in [9.17, 15) is 9.59 Å². The Labute approximate surface area is 144 Å². The number of amides is 2. The molecule has 1 N–H and O–H groups in total. The van der Waals surface area contributed by atoms with Crippen molar-refractivity contribution in [2.45, 2.75) is 81.8 Å². The minimum absolute atomic E-state index is 0. The molecule has 5 heteroatoms. The Bertz CT molecular complexity index is 294. The third-order valence-electron chi connectivity index (χ3n) is 3.29. The van der Waals surface area contributed by atoms with E-state index in [0.29, 0.717) is 6.04 Å². The zero-order valence-corrected chi connectivity index (χ0v) is 15.9. The van der Waals surface area contributed by atoms with Crippen molar-refractivity contribution in [1.29, 1.82) is 0 Å². The molecule has 140 valence electrons. The average molecular weight is 333 g/mol. The molecule has 0 aromatic rings. The standard InChI is InChI=1S/C9H19NO.C8H17NO2.CH4/c1-6-10(8(4)5)9(11)7(2)3;1-6(2)8(11)9(5-10)7(3)4;/h7-8H,6H2,1-5H3;6-7,10H,5H2,1-4H3;1H4. The maximum atomic E-state index is 11.4. The van der Waals surface area contributed by atoms with Gasteiger partial charge in [-0.05, 0) is 34.6 Å². The number of rotatable bonds is 6. The van der Waals surface area contributed by atoms with Crippen molar-refractivity contribution in [3.05, 3.63) is 0 Å². The quantitative estimate of drug-likeness (QED) is 0.759. The maximum absolute atomic E-state index is 11.4. The van der Waals surface area contributed by atoms with Gasteiger partial charge in [0.15, 0.2) is 0 Å². The van der Waals surface area contributed by atoms with Crippen molar-refractivity contribution >= 4 is 11.8 Å². The molecule has 0 aromatic carbocycles. The van der Waals surface area contributed by atoms with E-state index in [1.165, 1.54) is 4.90 Å². The van der Waals surface area contributed by atoms with Gasteiger partial charge in [0.2, 0.25) is 11.8 Å². The maximum Gasteiger partial charge on any atom is 0.227 e. The first-order chi connectivity index (χ1) is 10.0. The first-order valence-electron chi connectivity index (χ1n) is 8.22. The second kappa shape index (κ2) is 13.3. The summed E-state index contributed by atoms with van der Waals surface area (Å²) in [6.45, 7) is 18.0. The zero-order chi connectivity index (χ0) is 18.0. The summed E-state index contributed by atoms with van der Waals surface area (Å²) in [6.07, 6.45) is 0. The van der Waals surface area contributed by atoms with Gasteiger partial charge in [-0.25, -0.2) is 0 Å². The van der Waals surface area contributed by atoms with Gasteiger partial charge in [-0.15, -0.1) is 0 Å². The van der Waals surface area contributed by atoms with Crippen molar-refractivity contribution in [3.8, 4) is 0 Å². The van der Waals surface area contributed by atoms with Gasteiger partial charge in [-0.2, -0.15) is 0 Å². The average Bonchev–Trinajstić information content (AvgIpc) is 2.39. The van der Waals surface area contributed by atoms with Gasteiger partial charge < -0.3 is 14.9 Å². The summed E-state index contributed by atoms with van der Waals surface area (Å²) in [7, 11) is 0. The fourth-order valence-electron chi connectivity index (χ4n) is 1.93. The number of nitrogens with zero attached hydrogens (tertiary/aromatic N) is 2. The molecule has 0 unspecified atom stereocenters. The SMILES string of the molecule is C.CC(C)C(=O)N(CO)C(C)C.CCN(C(=O)C(C)C)C(C)C. The van der Waals surface area contributed by atoms with Crippen LogP contribution in [0.4, 0.5) is 0 Å². The third-order valence-corrected chi connectivity index (χ3v) is 3.29. The molecule has 23 heavy (non-hydrogen) atoms. The Hall–Kier alpha value is -1.10. The molecular weight excluding hydrogens is 292 g/mol. The van der Waals surface area contributed by atoms with E-state index < -0.39 is 0 Å². The van der Waals surface area contributed by atoms with Crippen LogP contribution in [-0.4, -0.2) is 52.1 Å². The van der Waals surface area contributed by atoms with Crippen molar-refractivity contribution < 1.29 is 14.7 Å². The Balaban J connectivity index is -0.000000333. The molecule has 0 saturated carbocycles. The van der Waals surface area contributed by atoms with Crippen molar-refractivity contribution in [2.24, 2.45) is 11.8 Å². The fraction of sp³-hybridized carbons (Fsp3) is 0.889. The molecule has 0 bridgehead atoms. The Morgan fingerprint density at radius 2 is 1.09 bits per heavy atom. The third kappa shape index (κ3) is 10.3. The predicted molar refractivity (Wildman–Crippen MR) is 98.0 cm³/mol. The normalized spacial score (nSPS) is 10.3. The van der Waals surface area contributed by atoms with Gasteiger partial charge >= 0.3 is 0 Å². The van der Waals surface area contributed by atoms with Gasteiger partial charge in [-0.3, -0.25) is 9.59 Å². The lowest BCUT2D eigenvalue weighted by atomic mass is 10.1. The molecule has 0 aliphatic rings. The molecule has 0 aliphatic heterocycles. The second-order valence-corrected chi connectivity index (χ2v) is 6.57. The molecule has 5 nitrogen and oxygen atoms in total. The molecule has 0 rings (SSSR count).